The van der Waals surface area contributed by atoms with Crippen molar-refractivity contribution < 1.29 is 4.39 Å². The van der Waals surface area contributed by atoms with Crippen LogP contribution in [0.1, 0.15) is 42.5 Å². The maximum absolute atomic E-state index is 13.0. The maximum Gasteiger partial charge on any atom is 0.251 e. The molecule has 1 atom stereocenters. The monoisotopic (exact) mass is 302 g/mol. The number of nitrogens with one attached hydrogen (secondary N) is 1. The summed E-state index contributed by atoms with van der Waals surface area (Å²) in [6.45, 7) is 3.37. The summed E-state index contributed by atoms with van der Waals surface area (Å²) in [5, 5.41) is 0. The van der Waals surface area contributed by atoms with Crippen molar-refractivity contribution in [2.45, 2.75) is 38.8 Å². The Morgan fingerprint density at radius 1 is 1.41 bits per heavy atom. The Kier molecular flexibility index (Phi) is 4.29. The molecule has 1 aliphatic heterocycles. The molecule has 5 nitrogen and oxygen atoms in total. The minimum atomic E-state index is -0.330. The van der Waals surface area contributed by atoms with Gasteiger partial charge in [-0.15, -0.1) is 0 Å². The molecule has 0 saturated carbocycles. The molecular formula is C16H19FN4O. The van der Waals surface area contributed by atoms with Gasteiger partial charge in [0.1, 0.15) is 11.6 Å². The lowest BCUT2D eigenvalue weighted by molar-refractivity contribution is 0.131. The number of aromatic nitrogens is 3. The summed E-state index contributed by atoms with van der Waals surface area (Å²) in [6, 6.07) is 4.70. The number of rotatable bonds is 3. The molecule has 0 spiro atoms. The summed E-state index contributed by atoms with van der Waals surface area (Å²) in [6.07, 6.45) is 4.40. The maximum atomic E-state index is 13.0. The number of aromatic amines is 1. The fraction of sp³-hybridized carbons (Fsp3) is 0.438. The first kappa shape index (κ1) is 14.8. The van der Waals surface area contributed by atoms with Crippen LogP contribution in [-0.4, -0.2) is 26.4 Å². The quantitative estimate of drug-likeness (QED) is 0.945. The first-order valence-electron chi connectivity index (χ1n) is 7.54. The molecule has 2 aromatic heterocycles. The Morgan fingerprint density at radius 3 is 3.00 bits per heavy atom. The van der Waals surface area contributed by atoms with Gasteiger partial charge in [-0.25, -0.2) is 9.37 Å². The van der Waals surface area contributed by atoms with E-state index in [9.17, 15) is 9.18 Å². The summed E-state index contributed by atoms with van der Waals surface area (Å²) < 4.78 is 13.0. The van der Waals surface area contributed by atoms with E-state index in [4.69, 9.17) is 0 Å². The van der Waals surface area contributed by atoms with E-state index in [0.29, 0.717) is 12.4 Å². The van der Waals surface area contributed by atoms with E-state index in [1.807, 2.05) is 6.92 Å². The third-order valence-corrected chi connectivity index (χ3v) is 3.97. The minimum absolute atomic E-state index is 0.0770. The fourth-order valence-electron chi connectivity index (χ4n) is 2.96. The molecule has 0 amide bonds. The number of hydrogen-bond acceptors (Lipinski definition) is 4. The minimum Gasteiger partial charge on any atom is -0.309 e. The van der Waals surface area contributed by atoms with Gasteiger partial charge in [0.05, 0.1) is 17.9 Å². The normalized spacial score (nSPS) is 19.3. The number of H-pyrrole nitrogens is 1. The van der Waals surface area contributed by atoms with E-state index in [-0.39, 0.29) is 17.4 Å². The third-order valence-electron chi connectivity index (χ3n) is 3.97. The summed E-state index contributed by atoms with van der Waals surface area (Å²) in [7, 11) is 0. The molecule has 1 N–H and O–H groups in total. The van der Waals surface area contributed by atoms with Crippen molar-refractivity contribution in [1.82, 2.24) is 19.9 Å². The first-order chi connectivity index (χ1) is 10.6. The van der Waals surface area contributed by atoms with Crippen LogP contribution < -0.4 is 5.56 Å². The van der Waals surface area contributed by atoms with Gasteiger partial charge in [-0.1, -0.05) is 6.42 Å². The molecule has 0 radical (unpaired) electrons. The molecule has 0 aliphatic carbocycles. The summed E-state index contributed by atoms with van der Waals surface area (Å²) in [5.41, 5.74) is 1.43. The molecule has 1 unspecified atom stereocenters. The van der Waals surface area contributed by atoms with E-state index in [2.05, 4.69) is 19.9 Å². The second-order valence-electron chi connectivity index (χ2n) is 5.72. The van der Waals surface area contributed by atoms with Crippen molar-refractivity contribution in [1.29, 1.82) is 0 Å². The zero-order chi connectivity index (χ0) is 15.5. The van der Waals surface area contributed by atoms with Crippen LogP contribution in [0.15, 0.2) is 29.2 Å². The Bertz CT molecular complexity index is 698. The third kappa shape index (κ3) is 3.39. The highest BCUT2D eigenvalue weighted by atomic mass is 19.1. The van der Waals surface area contributed by atoms with E-state index < -0.39 is 0 Å². The zero-order valence-corrected chi connectivity index (χ0v) is 12.6. The molecule has 3 heterocycles. The van der Waals surface area contributed by atoms with Crippen molar-refractivity contribution in [3.05, 3.63) is 57.8 Å². The predicted octanol–water partition coefficient (Wildman–Crippen LogP) is 2.34. The number of hydrogen-bond donors (Lipinski definition) is 1. The fourth-order valence-corrected chi connectivity index (χ4v) is 2.96. The smallest absolute Gasteiger partial charge is 0.251 e. The second-order valence-corrected chi connectivity index (χ2v) is 5.72. The number of likely N-dealkylation sites (tertiary alicyclic amines) is 1. The van der Waals surface area contributed by atoms with Crippen LogP contribution >= 0.6 is 0 Å². The molecule has 6 heteroatoms. The van der Waals surface area contributed by atoms with Crippen LogP contribution in [0.25, 0.3) is 0 Å². The van der Waals surface area contributed by atoms with Gasteiger partial charge in [0.2, 0.25) is 0 Å². The second kappa shape index (κ2) is 6.36. The average Bonchev–Trinajstić information content (AvgIpc) is 2.49. The number of aryl methyl sites for hydroxylation is 1. The highest BCUT2D eigenvalue weighted by molar-refractivity contribution is 5.08. The zero-order valence-electron chi connectivity index (χ0n) is 12.6. The Morgan fingerprint density at radius 2 is 2.27 bits per heavy atom. The molecule has 1 saturated heterocycles. The average molecular weight is 302 g/mol. The SMILES string of the molecule is Cc1cc(=O)[nH]c(C2CCCCN2Cc2ccc(F)cn2)n1. The number of piperidine rings is 1. The summed E-state index contributed by atoms with van der Waals surface area (Å²) in [5.74, 6) is 0.385. The van der Waals surface area contributed by atoms with Gasteiger partial charge in [0.15, 0.2) is 0 Å². The predicted molar refractivity (Wildman–Crippen MR) is 80.8 cm³/mol. The van der Waals surface area contributed by atoms with E-state index in [1.54, 1.807) is 6.07 Å². The molecule has 1 fully saturated rings. The highest BCUT2D eigenvalue weighted by Gasteiger charge is 2.26. The van der Waals surface area contributed by atoms with Crippen LogP contribution in [0, 0.1) is 12.7 Å². The molecule has 0 aromatic carbocycles. The van der Waals surface area contributed by atoms with Gasteiger partial charge in [0, 0.05) is 18.3 Å². The van der Waals surface area contributed by atoms with Gasteiger partial charge in [-0.3, -0.25) is 14.7 Å². The lowest BCUT2D eigenvalue weighted by Crippen LogP contribution is -2.35. The molecule has 1 aliphatic rings. The van der Waals surface area contributed by atoms with Crippen molar-refractivity contribution >= 4 is 0 Å². The first-order valence-corrected chi connectivity index (χ1v) is 7.54. The number of nitrogens with zero attached hydrogens (tertiary/aromatic N) is 3. The molecule has 116 valence electrons. The van der Waals surface area contributed by atoms with E-state index in [1.165, 1.54) is 18.3 Å². The number of halogens is 1. The number of pyridine rings is 1. The largest absolute Gasteiger partial charge is 0.309 e. The van der Waals surface area contributed by atoms with Crippen molar-refractivity contribution in [2.75, 3.05) is 6.54 Å². The van der Waals surface area contributed by atoms with Crippen LogP contribution in [0.4, 0.5) is 4.39 Å². The van der Waals surface area contributed by atoms with Gasteiger partial charge in [0.25, 0.3) is 5.56 Å². The van der Waals surface area contributed by atoms with Gasteiger partial charge >= 0.3 is 0 Å². The van der Waals surface area contributed by atoms with Crippen molar-refractivity contribution in [3.8, 4) is 0 Å². The molecular weight excluding hydrogens is 283 g/mol. The molecule has 2 aromatic rings. The van der Waals surface area contributed by atoms with Crippen LogP contribution in [-0.2, 0) is 6.54 Å². The summed E-state index contributed by atoms with van der Waals surface area (Å²) in [4.78, 5) is 25.4. The molecule has 22 heavy (non-hydrogen) atoms. The van der Waals surface area contributed by atoms with Crippen LogP contribution in [0.2, 0.25) is 0 Å². The van der Waals surface area contributed by atoms with Crippen LogP contribution in [0.3, 0.4) is 0 Å². The highest BCUT2D eigenvalue weighted by Crippen LogP contribution is 2.29. The Labute approximate surface area is 128 Å². The molecule has 0 bridgehead atoms. The van der Waals surface area contributed by atoms with Crippen LogP contribution in [0.5, 0.6) is 0 Å². The van der Waals surface area contributed by atoms with Gasteiger partial charge in [-0.05, 0) is 38.4 Å². The molecule has 3 rings (SSSR count). The van der Waals surface area contributed by atoms with E-state index in [0.717, 1.165) is 37.2 Å². The standard InChI is InChI=1S/C16H19FN4O/c1-11-8-15(22)20-16(19-11)14-4-2-3-7-21(14)10-13-6-5-12(17)9-18-13/h5-6,8-9,14H,2-4,7,10H2,1H3,(H,19,20,22). The lowest BCUT2D eigenvalue weighted by Gasteiger charge is -2.34. The topological polar surface area (TPSA) is 61.9 Å². The Hall–Kier alpha value is -2.08. The Balaban J connectivity index is 1.84. The van der Waals surface area contributed by atoms with Crippen molar-refractivity contribution in [2.24, 2.45) is 0 Å². The van der Waals surface area contributed by atoms with Gasteiger partial charge < -0.3 is 4.98 Å². The summed E-state index contributed by atoms with van der Waals surface area (Å²) >= 11 is 0. The van der Waals surface area contributed by atoms with Crippen molar-refractivity contribution in [3.63, 3.8) is 0 Å². The lowest BCUT2D eigenvalue weighted by atomic mass is 10.0. The van der Waals surface area contributed by atoms with E-state index >= 15 is 0 Å². The van der Waals surface area contributed by atoms with Gasteiger partial charge in [-0.2, -0.15) is 0 Å².